The van der Waals surface area contributed by atoms with E-state index in [1.165, 1.54) is 12.3 Å². The van der Waals surface area contributed by atoms with E-state index in [2.05, 4.69) is 10.9 Å². The van der Waals surface area contributed by atoms with Crippen LogP contribution in [-0.4, -0.2) is 24.4 Å². The minimum atomic E-state index is -0.890. The van der Waals surface area contributed by atoms with Gasteiger partial charge in [0.15, 0.2) is 12.4 Å². The number of ether oxygens (including phenoxy) is 1. The molecule has 126 valence electrons. The van der Waals surface area contributed by atoms with Gasteiger partial charge in [0.25, 0.3) is 5.91 Å². The molecule has 2 N–H and O–H groups in total. The van der Waals surface area contributed by atoms with Crippen molar-refractivity contribution in [3.63, 3.8) is 0 Å². The molecule has 2 aromatic rings. The number of hydrazine groups is 1. The van der Waals surface area contributed by atoms with E-state index in [9.17, 15) is 14.4 Å². The summed E-state index contributed by atoms with van der Waals surface area (Å²) in [6.07, 6.45) is 1.34. The summed E-state index contributed by atoms with van der Waals surface area (Å²) < 4.78 is 9.89. The van der Waals surface area contributed by atoms with E-state index in [-0.39, 0.29) is 5.76 Å². The van der Waals surface area contributed by atoms with E-state index in [1.807, 2.05) is 30.3 Å². The molecule has 7 heteroatoms. The zero-order chi connectivity index (χ0) is 17.6. The standard InChI is InChI=1S/C17H18N2O5/c1-17(2,12-7-4-3-5-8-12)16(22)24-11-14(20)18-19-15(21)13-9-6-10-23-13/h3-10H,11H2,1-2H3,(H,18,20)(H,19,21). The Morgan fingerprint density at radius 3 is 2.38 bits per heavy atom. The third-order valence-electron chi connectivity index (χ3n) is 3.40. The maximum Gasteiger partial charge on any atom is 0.316 e. The Bertz CT molecular complexity index is 708. The van der Waals surface area contributed by atoms with E-state index in [0.717, 1.165) is 5.56 Å². The summed E-state index contributed by atoms with van der Waals surface area (Å²) >= 11 is 0. The largest absolute Gasteiger partial charge is 0.459 e. The molecule has 2 rings (SSSR count). The number of nitrogens with one attached hydrogen (secondary N) is 2. The van der Waals surface area contributed by atoms with Crippen LogP contribution in [0.1, 0.15) is 30.0 Å². The molecule has 2 amide bonds. The number of hydrogen-bond donors (Lipinski definition) is 2. The molecule has 1 aromatic heterocycles. The monoisotopic (exact) mass is 330 g/mol. The van der Waals surface area contributed by atoms with Crippen molar-refractivity contribution in [2.45, 2.75) is 19.3 Å². The molecule has 0 atom stereocenters. The summed E-state index contributed by atoms with van der Waals surface area (Å²) in [5, 5.41) is 0. The van der Waals surface area contributed by atoms with Crippen LogP contribution in [-0.2, 0) is 19.7 Å². The molecule has 1 heterocycles. The average molecular weight is 330 g/mol. The van der Waals surface area contributed by atoms with Crippen LogP contribution in [0.2, 0.25) is 0 Å². The van der Waals surface area contributed by atoms with Crippen LogP contribution in [0.3, 0.4) is 0 Å². The lowest BCUT2D eigenvalue weighted by molar-refractivity contribution is -0.153. The van der Waals surface area contributed by atoms with Crippen molar-refractivity contribution >= 4 is 17.8 Å². The zero-order valence-electron chi connectivity index (χ0n) is 13.4. The molecule has 1 aromatic carbocycles. The zero-order valence-corrected chi connectivity index (χ0v) is 13.4. The van der Waals surface area contributed by atoms with Gasteiger partial charge in [0.05, 0.1) is 11.7 Å². The van der Waals surface area contributed by atoms with Gasteiger partial charge in [0.2, 0.25) is 0 Å². The first-order valence-corrected chi connectivity index (χ1v) is 7.26. The molecule has 0 aliphatic rings. The van der Waals surface area contributed by atoms with Gasteiger partial charge in [-0.3, -0.25) is 25.2 Å². The molecule has 0 aliphatic carbocycles. The molecule has 24 heavy (non-hydrogen) atoms. The van der Waals surface area contributed by atoms with Gasteiger partial charge in [-0.2, -0.15) is 0 Å². The highest BCUT2D eigenvalue weighted by atomic mass is 16.5. The lowest BCUT2D eigenvalue weighted by Gasteiger charge is -2.22. The summed E-state index contributed by atoms with van der Waals surface area (Å²) in [5.74, 6) is -1.75. The van der Waals surface area contributed by atoms with Crippen molar-refractivity contribution in [3.8, 4) is 0 Å². The molecule has 0 saturated carbocycles. The van der Waals surface area contributed by atoms with Crippen LogP contribution >= 0.6 is 0 Å². The predicted molar refractivity (Wildman–Crippen MR) is 84.7 cm³/mol. The first-order chi connectivity index (χ1) is 11.4. The second-order valence-electron chi connectivity index (χ2n) is 5.55. The SMILES string of the molecule is CC(C)(C(=O)OCC(=O)NNC(=O)c1ccco1)c1ccccc1. The van der Waals surface area contributed by atoms with Crippen LogP contribution in [0, 0.1) is 0 Å². The third-order valence-corrected chi connectivity index (χ3v) is 3.40. The van der Waals surface area contributed by atoms with Gasteiger partial charge in [-0.25, -0.2) is 0 Å². The number of amides is 2. The molecule has 7 nitrogen and oxygen atoms in total. The minimum Gasteiger partial charge on any atom is -0.459 e. The normalized spacial score (nSPS) is 10.8. The molecule has 0 saturated heterocycles. The van der Waals surface area contributed by atoms with Crippen LogP contribution in [0.15, 0.2) is 53.1 Å². The van der Waals surface area contributed by atoms with E-state index >= 15 is 0 Å². The second-order valence-corrected chi connectivity index (χ2v) is 5.55. The van der Waals surface area contributed by atoms with Crippen LogP contribution in [0.25, 0.3) is 0 Å². The topological polar surface area (TPSA) is 97.6 Å². The Morgan fingerprint density at radius 1 is 1.04 bits per heavy atom. The van der Waals surface area contributed by atoms with E-state index < -0.39 is 29.8 Å². The van der Waals surface area contributed by atoms with Gasteiger partial charge in [-0.15, -0.1) is 0 Å². The lowest BCUT2D eigenvalue weighted by atomic mass is 9.85. The van der Waals surface area contributed by atoms with Crippen molar-refractivity contribution in [2.75, 3.05) is 6.61 Å². The Balaban J connectivity index is 1.81. The van der Waals surface area contributed by atoms with Crippen LogP contribution in [0.5, 0.6) is 0 Å². The minimum absolute atomic E-state index is 0.0532. The third kappa shape index (κ3) is 4.22. The summed E-state index contributed by atoms with van der Waals surface area (Å²) in [5.41, 5.74) is 4.19. The molecule has 0 unspecified atom stereocenters. The highest BCUT2D eigenvalue weighted by Crippen LogP contribution is 2.24. The first-order valence-electron chi connectivity index (χ1n) is 7.26. The number of rotatable bonds is 5. The molecular weight excluding hydrogens is 312 g/mol. The van der Waals surface area contributed by atoms with E-state index in [1.54, 1.807) is 19.9 Å². The number of benzene rings is 1. The Hall–Kier alpha value is -3.09. The molecule has 0 aliphatic heterocycles. The first kappa shape index (κ1) is 17.3. The Morgan fingerprint density at radius 2 is 1.75 bits per heavy atom. The highest BCUT2D eigenvalue weighted by Gasteiger charge is 2.31. The van der Waals surface area contributed by atoms with E-state index in [0.29, 0.717) is 0 Å². The maximum atomic E-state index is 12.2. The summed E-state index contributed by atoms with van der Waals surface area (Å²) in [6, 6.07) is 12.1. The highest BCUT2D eigenvalue weighted by molar-refractivity contribution is 5.93. The summed E-state index contributed by atoms with van der Waals surface area (Å²) in [4.78, 5) is 35.4. The molecule has 0 fully saturated rings. The molecule has 0 bridgehead atoms. The molecular formula is C17H18N2O5. The molecule has 0 radical (unpaired) electrons. The quantitative estimate of drug-likeness (QED) is 0.640. The van der Waals surface area contributed by atoms with Gasteiger partial charge in [0.1, 0.15) is 0 Å². The van der Waals surface area contributed by atoms with Crippen molar-refractivity contribution in [3.05, 3.63) is 60.1 Å². The lowest BCUT2D eigenvalue weighted by Crippen LogP contribution is -2.44. The fraction of sp³-hybridized carbons (Fsp3) is 0.235. The summed E-state index contributed by atoms with van der Waals surface area (Å²) in [6.45, 7) is 2.91. The number of carbonyl (C=O) groups excluding carboxylic acids is 3. The van der Waals surface area contributed by atoms with Gasteiger partial charge in [0, 0.05) is 0 Å². The Labute approximate surface area is 139 Å². The number of hydrogen-bond acceptors (Lipinski definition) is 5. The Kier molecular flexibility index (Phi) is 5.36. The van der Waals surface area contributed by atoms with Gasteiger partial charge >= 0.3 is 11.9 Å². The maximum absolute atomic E-state index is 12.2. The van der Waals surface area contributed by atoms with Crippen LogP contribution in [0.4, 0.5) is 0 Å². The van der Waals surface area contributed by atoms with Gasteiger partial charge < -0.3 is 9.15 Å². The van der Waals surface area contributed by atoms with E-state index in [4.69, 9.17) is 9.15 Å². The average Bonchev–Trinajstić information content (AvgIpc) is 3.12. The van der Waals surface area contributed by atoms with Crippen molar-refractivity contribution in [1.29, 1.82) is 0 Å². The number of esters is 1. The van der Waals surface area contributed by atoms with Crippen LogP contribution < -0.4 is 10.9 Å². The van der Waals surface area contributed by atoms with Gasteiger partial charge in [-0.05, 0) is 31.5 Å². The smallest absolute Gasteiger partial charge is 0.316 e. The van der Waals surface area contributed by atoms with Gasteiger partial charge in [-0.1, -0.05) is 30.3 Å². The van der Waals surface area contributed by atoms with Crippen molar-refractivity contribution < 1.29 is 23.5 Å². The fourth-order valence-electron chi connectivity index (χ4n) is 1.92. The number of carbonyl (C=O) groups is 3. The van der Waals surface area contributed by atoms with Crippen molar-refractivity contribution in [2.24, 2.45) is 0 Å². The predicted octanol–water partition coefficient (Wildman–Crippen LogP) is 1.56. The summed E-state index contributed by atoms with van der Waals surface area (Å²) in [7, 11) is 0. The fourth-order valence-corrected chi connectivity index (χ4v) is 1.92. The number of furan rings is 1. The second kappa shape index (κ2) is 7.45. The molecule has 0 spiro atoms. The van der Waals surface area contributed by atoms with Crippen molar-refractivity contribution in [1.82, 2.24) is 10.9 Å².